The SMILES string of the molecule is CN(CC1(O)CCOCC1)c1ccc(Br)cn1. The van der Waals surface area contributed by atoms with Crippen LogP contribution in [0, 0.1) is 0 Å². The van der Waals surface area contributed by atoms with Crippen LogP contribution in [0.15, 0.2) is 22.8 Å². The Bertz CT molecular complexity index is 363. The molecule has 4 nitrogen and oxygen atoms in total. The summed E-state index contributed by atoms with van der Waals surface area (Å²) in [4.78, 5) is 6.30. The lowest BCUT2D eigenvalue weighted by atomic mass is 9.94. The lowest BCUT2D eigenvalue weighted by Crippen LogP contribution is -2.45. The molecule has 94 valence electrons. The Hall–Kier alpha value is -0.650. The topological polar surface area (TPSA) is 45.6 Å². The second kappa shape index (κ2) is 5.33. The third-order valence-electron chi connectivity index (χ3n) is 3.06. The molecule has 0 aliphatic carbocycles. The summed E-state index contributed by atoms with van der Waals surface area (Å²) in [6, 6.07) is 3.89. The lowest BCUT2D eigenvalue weighted by Gasteiger charge is -2.35. The molecule has 2 heterocycles. The van der Waals surface area contributed by atoms with Crippen LogP contribution in [0.5, 0.6) is 0 Å². The summed E-state index contributed by atoms with van der Waals surface area (Å²) in [7, 11) is 1.95. The molecule has 0 bridgehead atoms. The molecule has 1 aliphatic heterocycles. The van der Waals surface area contributed by atoms with Crippen molar-refractivity contribution >= 4 is 21.7 Å². The summed E-state index contributed by atoms with van der Waals surface area (Å²) in [5.41, 5.74) is -0.651. The first-order chi connectivity index (χ1) is 8.09. The molecule has 5 heteroatoms. The van der Waals surface area contributed by atoms with Gasteiger partial charge >= 0.3 is 0 Å². The van der Waals surface area contributed by atoms with Crippen molar-refractivity contribution in [2.75, 3.05) is 31.7 Å². The van der Waals surface area contributed by atoms with Crippen molar-refractivity contribution in [3.05, 3.63) is 22.8 Å². The Kier molecular flexibility index (Phi) is 4.01. The van der Waals surface area contributed by atoms with Crippen molar-refractivity contribution in [2.45, 2.75) is 18.4 Å². The number of pyridine rings is 1. The number of aromatic nitrogens is 1. The van der Waals surface area contributed by atoms with E-state index in [0.717, 1.165) is 10.3 Å². The summed E-state index contributed by atoms with van der Waals surface area (Å²) < 4.78 is 6.23. The molecule has 1 N–H and O–H groups in total. The van der Waals surface area contributed by atoms with Crippen LogP contribution in [0.3, 0.4) is 0 Å². The first-order valence-electron chi connectivity index (χ1n) is 5.72. The van der Waals surface area contributed by atoms with Gasteiger partial charge < -0.3 is 14.7 Å². The third-order valence-corrected chi connectivity index (χ3v) is 3.53. The summed E-state index contributed by atoms with van der Waals surface area (Å²) in [5.74, 6) is 0.869. The number of hydrogen-bond acceptors (Lipinski definition) is 4. The minimum Gasteiger partial charge on any atom is -0.388 e. The van der Waals surface area contributed by atoms with Gasteiger partial charge in [0, 0.05) is 50.3 Å². The van der Waals surface area contributed by atoms with Crippen molar-refractivity contribution in [3.63, 3.8) is 0 Å². The van der Waals surface area contributed by atoms with Crippen molar-refractivity contribution in [1.29, 1.82) is 0 Å². The van der Waals surface area contributed by atoms with Crippen molar-refractivity contribution < 1.29 is 9.84 Å². The molecule has 0 spiro atoms. The quantitative estimate of drug-likeness (QED) is 0.925. The Morgan fingerprint density at radius 1 is 1.47 bits per heavy atom. The van der Waals surface area contributed by atoms with Gasteiger partial charge in [-0.1, -0.05) is 0 Å². The zero-order valence-electron chi connectivity index (χ0n) is 9.90. The Balaban J connectivity index is 2.00. The van der Waals surface area contributed by atoms with Gasteiger partial charge in [-0.25, -0.2) is 4.98 Å². The number of likely N-dealkylation sites (N-methyl/N-ethyl adjacent to an activating group) is 1. The van der Waals surface area contributed by atoms with E-state index in [0.29, 0.717) is 32.6 Å². The van der Waals surface area contributed by atoms with Crippen LogP contribution >= 0.6 is 15.9 Å². The fourth-order valence-electron chi connectivity index (χ4n) is 2.03. The fraction of sp³-hybridized carbons (Fsp3) is 0.583. The molecule has 0 amide bonds. The smallest absolute Gasteiger partial charge is 0.128 e. The Labute approximate surface area is 110 Å². The predicted molar refractivity (Wildman–Crippen MR) is 70.2 cm³/mol. The largest absolute Gasteiger partial charge is 0.388 e. The number of rotatable bonds is 3. The van der Waals surface area contributed by atoms with E-state index >= 15 is 0 Å². The molecule has 0 saturated carbocycles. The molecule has 0 unspecified atom stereocenters. The lowest BCUT2D eigenvalue weighted by molar-refractivity contribution is -0.0573. The number of anilines is 1. The van der Waals surface area contributed by atoms with E-state index in [1.807, 2.05) is 24.1 Å². The second-order valence-corrected chi connectivity index (χ2v) is 5.44. The Morgan fingerprint density at radius 3 is 2.76 bits per heavy atom. The fourth-order valence-corrected chi connectivity index (χ4v) is 2.26. The van der Waals surface area contributed by atoms with Crippen LogP contribution in [0.4, 0.5) is 5.82 Å². The highest BCUT2D eigenvalue weighted by Crippen LogP contribution is 2.23. The van der Waals surface area contributed by atoms with E-state index in [4.69, 9.17) is 4.74 Å². The number of aliphatic hydroxyl groups is 1. The normalized spacial score (nSPS) is 19.0. The Morgan fingerprint density at radius 2 is 2.18 bits per heavy atom. The van der Waals surface area contributed by atoms with Crippen molar-refractivity contribution in [1.82, 2.24) is 4.98 Å². The molecule has 1 fully saturated rings. The highest BCUT2D eigenvalue weighted by Gasteiger charge is 2.31. The van der Waals surface area contributed by atoms with E-state index in [1.54, 1.807) is 6.20 Å². The van der Waals surface area contributed by atoms with Gasteiger partial charge in [0.1, 0.15) is 5.82 Å². The number of ether oxygens (including phenoxy) is 1. The number of hydrogen-bond donors (Lipinski definition) is 1. The highest BCUT2D eigenvalue weighted by molar-refractivity contribution is 9.10. The van der Waals surface area contributed by atoms with Gasteiger partial charge in [-0.2, -0.15) is 0 Å². The first kappa shape index (κ1) is 12.8. The molecular weight excluding hydrogens is 284 g/mol. The minimum absolute atomic E-state index is 0.588. The third kappa shape index (κ3) is 3.40. The van der Waals surface area contributed by atoms with Gasteiger partial charge in [0.05, 0.1) is 5.60 Å². The average Bonchev–Trinajstić information content (AvgIpc) is 2.30. The van der Waals surface area contributed by atoms with Crippen molar-refractivity contribution in [2.24, 2.45) is 0 Å². The molecule has 1 aliphatic rings. The minimum atomic E-state index is -0.651. The van der Waals surface area contributed by atoms with E-state index in [9.17, 15) is 5.11 Å². The summed E-state index contributed by atoms with van der Waals surface area (Å²) in [6.45, 7) is 1.86. The van der Waals surface area contributed by atoms with Crippen LogP contribution in [-0.2, 0) is 4.74 Å². The molecule has 0 atom stereocenters. The molecule has 17 heavy (non-hydrogen) atoms. The molecule has 1 aromatic heterocycles. The van der Waals surface area contributed by atoms with Gasteiger partial charge in [0.25, 0.3) is 0 Å². The first-order valence-corrected chi connectivity index (χ1v) is 6.51. The molecule has 1 aromatic rings. The maximum Gasteiger partial charge on any atom is 0.128 e. The van der Waals surface area contributed by atoms with Crippen LogP contribution < -0.4 is 4.90 Å². The zero-order valence-corrected chi connectivity index (χ0v) is 11.5. The van der Waals surface area contributed by atoms with Gasteiger partial charge in [0.15, 0.2) is 0 Å². The van der Waals surface area contributed by atoms with Crippen LogP contribution in [-0.4, -0.2) is 42.5 Å². The molecule has 0 radical (unpaired) electrons. The monoisotopic (exact) mass is 300 g/mol. The number of halogens is 1. The second-order valence-electron chi connectivity index (χ2n) is 4.53. The maximum atomic E-state index is 10.4. The van der Waals surface area contributed by atoms with E-state index in [-0.39, 0.29) is 0 Å². The van der Waals surface area contributed by atoms with E-state index in [2.05, 4.69) is 20.9 Å². The van der Waals surface area contributed by atoms with Gasteiger partial charge in [-0.05, 0) is 28.1 Å². The van der Waals surface area contributed by atoms with Gasteiger partial charge in [0.2, 0.25) is 0 Å². The predicted octanol–water partition coefficient (Wildman–Crippen LogP) is 1.82. The van der Waals surface area contributed by atoms with Crippen LogP contribution in [0.2, 0.25) is 0 Å². The summed E-state index contributed by atoms with van der Waals surface area (Å²) >= 11 is 3.36. The van der Waals surface area contributed by atoms with Gasteiger partial charge in [-0.15, -0.1) is 0 Å². The standard InChI is InChI=1S/C12H17BrN2O2/c1-15(11-3-2-10(13)8-14-11)9-12(16)4-6-17-7-5-12/h2-3,8,16H,4-7,9H2,1H3. The van der Waals surface area contributed by atoms with Gasteiger partial charge in [-0.3, -0.25) is 0 Å². The summed E-state index contributed by atoms with van der Waals surface area (Å²) in [6.07, 6.45) is 3.14. The molecular formula is C12H17BrN2O2. The van der Waals surface area contributed by atoms with Crippen LogP contribution in [0.25, 0.3) is 0 Å². The zero-order chi connectivity index (χ0) is 12.3. The summed E-state index contributed by atoms with van der Waals surface area (Å²) in [5, 5.41) is 10.4. The number of nitrogens with zero attached hydrogens (tertiary/aromatic N) is 2. The van der Waals surface area contributed by atoms with Crippen molar-refractivity contribution in [3.8, 4) is 0 Å². The van der Waals surface area contributed by atoms with Crippen LogP contribution in [0.1, 0.15) is 12.8 Å². The molecule has 0 aromatic carbocycles. The maximum absolute atomic E-state index is 10.4. The molecule has 2 rings (SSSR count). The highest BCUT2D eigenvalue weighted by atomic mass is 79.9. The van der Waals surface area contributed by atoms with E-state index < -0.39 is 5.60 Å². The molecule has 1 saturated heterocycles. The average molecular weight is 301 g/mol. The van der Waals surface area contributed by atoms with E-state index in [1.165, 1.54) is 0 Å².